The Morgan fingerprint density at radius 3 is 2.53 bits per heavy atom. The molecule has 7 heteroatoms. The zero-order valence-electron chi connectivity index (χ0n) is 16.9. The van der Waals surface area contributed by atoms with Gasteiger partial charge in [-0.2, -0.15) is 0 Å². The van der Waals surface area contributed by atoms with E-state index in [0.717, 1.165) is 24.0 Å². The number of halogens is 1. The molecule has 5 aromatic rings. The van der Waals surface area contributed by atoms with Crippen molar-refractivity contribution in [3.63, 3.8) is 0 Å². The fourth-order valence-corrected chi connectivity index (χ4v) is 4.14. The predicted molar refractivity (Wildman–Crippen MR) is 123 cm³/mol. The van der Waals surface area contributed by atoms with Crippen molar-refractivity contribution in [2.45, 2.75) is 18.8 Å². The molecule has 6 nitrogen and oxygen atoms in total. The Bertz CT molecular complexity index is 1520. The third-order valence-corrected chi connectivity index (χ3v) is 5.91. The first-order chi connectivity index (χ1) is 15.7. The van der Waals surface area contributed by atoms with Crippen molar-refractivity contribution in [1.29, 1.82) is 0 Å². The Balaban J connectivity index is 1.58. The topological polar surface area (TPSA) is 73.8 Å². The third kappa shape index (κ3) is 3.20. The van der Waals surface area contributed by atoms with E-state index >= 15 is 0 Å². The molecule has 0 N–H and O–H groups in total. The van der Waals surface area contributed by atoms with E-state index in [0.29, 0.717) is 33.6 Å². The van der Waals surface area contributed by atoms with Crippen molar-refractivity contribution in [2.24, 2.45) is 0 Å². The fraction of sp³-hybridized carbons (Fsp3) is 0.120. The van der Waals surface area contributed by atoms with E-state index in [4.69, 9.17) is 21.0 Å². The molecule has 0 spiro atoms. The number of nitrogens with zero attached hydrogens (tertiary/aromatic N) is 4. The fourth-order valence-electron chi connectivity index (χ4n) is 3.97. The minimum Gasteiger partial charge on any atom is -0.403 e. The summed E-state index contributed by atoms with van der Waals surface area (Å²) in [4.78, 5) is 18.2. The molecule has 0 radical (unpaired) electrons. The zero-order valence-corrected chi connectivity index (χ0v) is 17.7. The van der Waals surface area contributed by atoms with Crippen molar-refractivity contribution < 1.29 is 4.42 Å². The lowest BCUT2D eigenvalue weighted by Crippen LogP contribution is -2.22. The second kappa shape index (κ2) is 7.43. The Morgan fingerprint density at radius 1 is 0.938 bits per heavy atom. The van der Waals surface area contributed by atoms with Crippen LogP contribution in [-0.2, 0) is 0 Å². The van der Waals surface area contributed by atoms with Crippen molar-refractivity contribution >= 4 is 22.5 Å². The van der Waals surface area contributed by atoms with Crippen LogP contribution in [0.2, 0.25) is 5.02 Å². The quantitative estimate of drug-likeness (QED) is 0.362. The summed E-state index contributed by atoms with van der Waals surface area (Å²) in [6.07, 6.45) is 2.32. The number of rotatable bonds is 4. The highest BCUT2D eigenvalue weighted by molar-refractivity contribution is 6.31. The van der Waals surface area contributed by atoms with Gasteiger partial charge in [0.2, 0.25) is 5.89 Å². The minimum atomic E-state index is -0.295. The van der Waals surface area contributed by atoms with E-state index in [1.165, 1.54) is 10.1 Å². The molecular formula is C25H17ClN4O2. The van der Waals surface area contributed by atoms with Crippen LogP contribution in [0.3, 0.4) is 0 Å². The molecule has 1 saturated carbocycles. The van der Waals surface area contributed by atoms with Crippen LogP contribution >= 0.6 is 11.6 Å². The second-order valence-corrected chi connectivity index (χ2v) is 8.29. The summed E-state index contributed by atoms with van der Waals surface area (Å²) in [6, 6.07) is 22.6. The lowest BCUT2D eigenvalue weighted by atomic mass is 10.0. The summed E-state index contributed by atoms with van der Waals surface area (Å²) in [5.41, 5.74) is 3.07. The maximum atomic E-state index is 13.5. The van der Waals surface area contributed by atoms with Gasteiger partial charge in [-0.1, -0.05) is 65.2 Å². The largest absolute Gasteiger partial charge is 0.403 e. The highest BCUT2D eigenvalue weighted by Crippen LogP contribution is 2.44. The van der Waals surface area contributed by atoms with Crippen molar-refractivity contribution in [2.75, 3.05) is 0 Å². The Labute approximate surface area is 188 Å². The molecule has 0 bridgehead atoms. The highest BCUT2D eigenvalue weighted by Gasteiger charge is 2.28. The zero-order chi connectivity index (χ0) is 21.7. The number of benzene rings is 3. The normalized spacial score (nSPS) is 13.5. The van der Waals surface area contributed by atoms with Gasteiger partial charge in [0.1, 0.15) is 0 Å². The molecule has 0 amide bonds. The van der Waals surface area contributed by atoms with Gasteiger partial charge < -0.3 is 4.42 Å². The van der Waals surface area contributed by atoms with Crippen LogP contribution in [-0.4, -0.2) is 19.7 Å². The van der Waals surface area contributed by atoms with Crippen LogP contribution in [0.4, 0.5) is 0 Å². The molecular weight excluding hydrogens is 424 g/mol. The monoisotopic (exact) mass is 440 g/mol. The molecule has 0 atom stereocenters. The highest BCUT2D eigenvalue weighted by atomic mass is 35.5. The molecule has 0 aliphatic heterocycles. The molecule has 6 rings (SSSR count). The summed E-state index contributed by atoms with van der Waals surface area (Å²) < 4.78 is 7.44. The van der Waals surface area contributed by atoms with E-state index < -0.39 is 0 Å². The number of aromatic nitrogens is 4. The molecule has 32 heavy (non-hydrogen) atoms. The predicted octanol–water partition coefficient (Wildman–Crippen LogP) is 5.63. The number of hydrogen-bond acceptors (Lipinski definition) is 5. The molecule has 2 aromatic heterocycles. The summed E-state index contributed by atoms with van der Waals surface area (Å²) in [6.45, 7) is 0. The molecule has 1 aliphatic rings. The van der Waals surface area contributed by atoms with Gasteiger partial charge >= 0.3 is 6.01 Å². The van der Waals surface area contributed by atoms with E-state index in [1.807, 2.05) is 48.5 Å². The molecule has 1 fully saturated rings. The van der Waals surface area contributed by atoms with Crippen molar-refractivity contribution in [1.82, 2.24) is 19.7 Å². The molecule has 1 aliphatic carbocycles. The molecule has 0 saturated heterocycles. The minimum absolute atomic E-state index is 0.0822. The van der Waals surface area contributed by atoms with Crippen LogP contribution < -0.4 is 5.56 Å². The first-order valence-electron chi connectivity index (χ1n) is 10.4. The van der Waals surface area contributed by atoms with Gasteiger partial charge in [-0.15, -0.1) is 5.10 Å². The van der Waals surface area contributed by atoms with Crippen molar-refractivity contribution in [3.8, 4) is 28.9 Å². The molecule has 0 unspecified atom stereocenters. The van der Waals surface area contributed by atoms with Gasteiger partial charge in [-0.3, -0.25) is 4.79 Å². The summed E-state index contributed by atoms with van der Waals surface area (Å²) in [5, 5.41) is 9.45. The first kappa shape index (κ1) is 19.0. The van der Waals surface area contributed by atoms with Crippen LogP contribution in [0.5, 0.6) is 0 Å². The van der Waals surface area contributed by atoms with E-state index in [2.05, 4.69) is 16.3 Å². The molecule has 3 aromatic carbocycles. The Hall–Kier alpha value is -3.77. The van der Waals surface area contributed by atoms with E-state index in [9.17, 15) is 4.79 Å². The van der Waals surface area contributed by atoms with Gasteiger partial charge in [0.25, 0.3) is 5.56 Å². The smallest absolute Gasteiger partial charge is 0.331 e. The van der Waals surface area contributed by atoms with Gasteiger partial charge in [0, 0.05) is 16.1 Å². The maximum Gasteiger partial charge on any atom is 0.331 e. The average molecular weight is 441 g/mol. The second-order valence-electron chi connectivity index (χ2n) is 7.85. The standard InChI is InChI=1S/C25H17ClN4O2/c26-17-12-13-20-21(14-17)27-22(16-6-2-1-3-7-16)30(24(20)31)25-29-28-23(32-25)19-9-5-4-8-18(19)15-10-11-15/h1-9,12-15H,10-11H2. The van der Waals surface area contributed by atoms with Crippen LogP contribution in [0.1, 0.15) is 24.3 Å². The van der Waals surface area contributed by atoms with E-state index in [-0.39, 0.29) is 11.6 Å². The van der Waals surface area contributed by atoms with Gasteiger partial charge in [-0.05, 0) is 48.6 Å². The van der Waals surface area contributed by atoms with E-state index in [1.54, 1.807) is 18.2 Å². The third-order valence-electron chi connectivity index (χ3n) is 5.68. The number of hydrogen-bond donors (Lipinski definition) is 0. The lowest BCUT2D eigenvalue weighted by Gasteiger charge is -2.10. The summed E-state index contributed by atoms with van der Waals surface area (Å²) in [7, 11) is 0. The molecule has 2 heterocycles. The van der Waals surface area contributed by atoms with Gasteiger partial charge in [0.15, 0.2) is 5.82 Å². The Kier molecular flexibility index (Phi) is 4.40. The SMILES string of the molecule is O=c1c2ccc(Cl)cc2nc(-c2ccccc2)n1-c1nnc(-c2ccccc2C2CC2)o1. The lowest BCUT2D eigenvalue weighted by molar-refractivity contribution is 0.533. The number of fused-ring (bicyclic) bond motifs is 1. The first-order valence-corrected chi connectivity index (χ1v) is 10.8. The maximum absolute atomic E-state index is 13.5. The van der Waals surface area contributed by atoms with Gasteiger partial charge in [0.05, 0.1) is 10.9 Å². The molecule has 156 valence electrons. The van der Waals surface area contributed by atoms with Crippen LogP contribution in [0, 0.1) is 0 Å². The van der Waals surface area contributed by atoms with Gasteiger partial charge in [-0.25, -0.2) is 9.55 Å². The van der Waals surface area contributed by atoms with Crippen molar-refractivity contribution in [3.05, 3.63) is 93.7 Å². The van der Waals surface area contributed by atoms with Crippen LogP contribution in [0.15, 0.2) is 82.0 Å². The Morgan fingerprint density at radius 2 is 1.72 bits per heavy atom. The summed E-state index contributed by atoms with van der Waals surface area (Å²) in [5.74, 6) is 1.33. The van der Waals surface area contributed by atoms with Crippen LogP contribution in [0.25, 0.3) is 39.8 Å². The summed E-state index contributed by atoms with van der Waals surface area (Å²) >= 11 is 6.15. The average Bonchev–Trinajstić information content (AvgIpc) is 3.56.